The summed E-state index contributed by atoms with van der Waals surface area (Å²) < 4.78 is 0. The van der Waals surface area contributed by atoms with E-state index in [9.17, 15) is 9.59 Å². The lowest BCUT2D eigenvalue weighted by atomic mass is 9.86. The molecule has 1 aliphatic carbocycles. The highest BCUT2D eigenvalue weighted by atomic mass is 16.4. The third kappa shape index (κ3) is 4.86. The van der Waals surface area contributed by atoms with Crippen LogP contribution in [0.5, 0.6) is 0 Å². The Labute approximate surface area is 124 Å². The molecular formula is C16H22N2O3. The second-order valence-corrected chi connectivity index (χ2v) is 5.69. The number of carboxylic acid groups (broad SMARTS) is 1. The summed E-state index contributed by atoms with van der Waals surface area (Å²) in [7, 11) is 0. The number of rotatable bonds is 5. The maximum atomic E-state index is 12.1. The van der Waals surface area contributed by atoms with Gasteiger partial charge in [-0.15, -0.1) is 0 Å². The number of carbonyl (C=O) groups is 2. The zero-order chi connectivity index (χ0) is 15.2. The quantitative estimate of drug-likeness (QED) is 0.774. The first-order valence-electron chi connectivity index (χ1n) is 7.42. The van der Waals surface area contributed by atoms with Gasteiger partial charge in [0, 0.05) is 24.1 Å². The van der Waals surface area contributed by atoms with Crippen molar-refractivity contribution in [1.82, 2.24) is 0 Å². The van der Waals surface area contributed by atoms with Gasteiger partial charge in [-0.3, -0.25) is 9.59 Å². The molecule has 4 N–H and O–H groups in total. The van der Waals surface area contributed by atoms with E-state index in [1.807, 2.05) is 24.3 Å². The number of aliphatic carboxylic acids is 1. The molecule has 0 bridgehead atoms. The number of carboxylic acids is 1. The van der Waals surface area contributed by atoms with Crippen LogP contribution < -0.4 is 11.1 Å². The van der Waals surface area contributed by atoms with E-state index in [0.717, 1.165) is 36.9 Å². The largest absolute Gasteiger partial charge is 0.481 e. The fourth-order valence-corrected chi connectivity index (χ4v) is 2.63. The van der Waals surface area contributed by atoms with Gasteiger partial charge in [-0.1, -0.05) is 12.1 Å². The van der Waals surface area contributed by atoms with Crippen molar-refractivity contribution in [3.05, 3.63) is 29.8 Å². The van der Waals surface area contributed by atoms with Gasteiger partial charge >= 0.3 is 5.97 Å². The van der Waals surface area contributed by atoms with Crippen molar-refractivity contribution < 1.29 is 14.7 Å². The first-order chi connectivity index (χ1) is 10.0. The molecule has 5 nitrogen and oxygen atoms in total. The Balaban J connectivity index is 1.85. The van der Waals surface area contributed by atoms with Gasteiger partial charge in [0.2, 0.25) is 5.91 Å². The molecule has 0 aliphatic heterocycles. The maximum Gasteiger partial charge on any atom is 0.303 e. The second-order valence-electron chi connectivity index (χ2n) is 5.69. The highest BCUT2D eigenvalue weighted by molar-refractivity contribution is 5.92. The molecule has 0 saturated heterocycles. The topological polar surface area (TPSA) is 92.4 Å². The Bertz CT molecular complexity index is 491. The van der Waals surface area contributed by atoms with Crippen molar-refractivity contribution in [2.24, 2.45) is 11.7 Å². The Morgan fingerprint density at radius 2 is 1.76 bits per heavy atom. The van der Waals surface area contributed by atoms with Crippen molar-refractivity contribution in [2.75, 3.05) is 5.32 Å². The lowest BCUT2D eigenvalue weighted by Crippen LogP contribution is -2.32. The summed E-state index contributed by atoms with van der Waals surface area (Å²) in [6.07, 6.45) is 4.14. The third-order valence-corrected chi connectivity index (χ3v) is 3.99. The van der Waals surface area contributed by atoms with E-state index >= 15 is 0 Å². The van der Waals surface area contributed by atoms with Gasteiger partial charge in [0.15, 0.2) is 0 Å². The van der Waals surface area contributed by atoms with Crippen LogP contribution in [-0.4, -0.2) is 23.0 Å². The van der Waals surface area contributed by atoms with Crippen LogP contribution in [0.4, 0.5) is 5.69 Å². The maximum absolute atomic E-state index is 12.1. The molecule has 0 radical (unpaired) electrons. The molecule has 1 aromatic rings. The van der Waals surface area contributed by atoms with Crippen molar-refractivity contribution >= 4 is 17.6 Å². The minimum absolute atomic E-state index is 0.0523. The molecule has 1 saturated carbocycles. The molecule has 21 heavy (non-hydrogen) atoms. The van der Waals surface area contributed by atoms with Gasteiger partial charge in [0.1, 0.15) is 0 Å². The van der Waals surface area contributed by atoms with Gasteiger partial charge in [0.05, 0.1) is 0 Å². The number of nitrogens with one attached hydrogen (secondary N) is 1. The summed E-state index contributed by atoms with van der Waals surface area (Å²) in [5, 5.41) is 11.6. The summed E-state index contributed by atoms with van der Waals surface area (Å²) in [6, 6.07) is 7.60. The van der Waals surface area contributed by atoms with E-state index in [1.165, 1.54) is 0 Å². The average Bonchev–Trinajstić information content (AvgIpc) is 2.47. The fraction of sp³-hybridized carbons (Fsp3) is 0.500. The lowest BCUT2D eigenvalue weighted by Gasteiger charge is -2.25. The Kier molecular flexibility index (Phi) is 5.33. The predicted molar refractivity (Wildman–Crippen MR) is 81.0 cm³/mol. The van der Waals surface area contributed by atoms with Crippen LogP contribution in [-0.2, 0) is 16.0 Å². The van der Waals surface area contributed by atoms with Crippen LogP contribution in [0.15, 0.2) is 24.3 Å². The standard InChI is InChI=1S/C16H22N2O3/c17-13-6-4-12(5-7-13)16(21)18-14-8-1-11(2-9-14)3-10-15(19)20/h1-2,8-9,12-13H,3-7,10,17H2,(H,18,21)(H,19,20). The van der Waals surface area contributed by atoms with Crippen molar-refractivity contribution in [3.63, 3.8) is 0 Å². The Morgan fingerprint density at radius 1 is 1.14 bits per heavy atom. The number of amides is 1. The van der Waals surface area contributed by atoms with Gasteiger partial charge in [-0.05, 0) is 49.8 Å². The Hall–Kier alpha value is -1.88. The molecule has 0 unspecified atom stereocenters. The normalized spacial score (nSPS) is 21.8. The molecule has 5 heteroatoms. The second kappa shape index (κ2) is 7.22. The van der Waals surface area contributed by atoms with E-state index in [0.29, 0.717) is 6.42 Å². The average molecular weight is 290 g/mol. The minimum Gasteiger partial charge on any atom is -0.481 e. The zero-order valence-electron chi connectivity index (χ0n) is 12.0. The zero-order valence-corrected chi connectivity index (χ0v) is 12.0. The molecule has 1 aliphatic rings. The van der Waals surface area contributed by atoms with Gasteiger partial charge in [-0.25, -0.2) is 0 Å². The number of nitrogens with two attached hydrogens (primary N) is 1. The molecule has 1 fully saturated rings. The van der Waals surface area contributed by atoms with Crippen LogP contribution in [0.2, 0.25) is 0 Å². The van der Waals surface area contributed by atoms with Crippen molar-refractivity contribution in [1.29, 1.82) is 0 Å². The van der Waals surface area contributed by atoms with Gasteiger partial charge < -0.3 is 16.2 Å². The predicted octanol–water partition coefficient (Wildman–Crippen LogP) is 2.16. The number of benzene rings is 1. The van der Waals surface area contributed by atoms with Crippen LogP contribution in [0.3, 0.4) is 0 Å². The highest BCUT2D eigenvalue weighted by Crippen LogP contribution is 2.24. The van der Waals surface area contributed by atoms with Crippen molar-refractivity contribution in [2.45, 2.75) is 44.6 Å². The van der Waals surface area contributed by atoms with E-state index in [1.54, 1.807) is 0 Å². The van der Waals surface area contributed by atoms with Gasteiger partial charge in [0.25, 0.3) is 0 Å². The molecule has 2 rings (SSSR count). The van der Waals surface area contributed by atoms with Crippen LogP contribution in [0, 0.1) is 5.92 Å². The summed E-state index contributed by atoms with van der Waals surface area (Å²) in [5.41, 5.74) is 7.56. The van der Waals surface area contributed by atoms with E-state index in [2.05, 4.69) is 5.32 Å². The highest BCUT2D eigenvalue weighted by Gasteiger charge is 2.24. The molecule has 0 heterocycles. The summed E-state index contributed by atoms with van der Waals surface area (Å²) in [4.78, 5) is 22.7. The molecule has 1 amide bonds. The summed E-state index contributed by atoms with van der Waals surface area (Å²) in [5.74, 6) is -0.695. The molecule has 0 spiro atoms. The summed E-state index contributed by atoms with van der Waals surface area (Å²) in [6.45, 7) is 0. The van der Waals surface area contributed by atoms with E-state index < -0.39 is 5.97 Å². The summed E-state index contributed by atoms with van der Waals surface area (Å²) >= 11 is 0. The van der Waals surface area contributed by atoms with E-state index in [-0.39, 0.29) is 24.3 Å². The molecule has 0 aromatic heterocycles. The first kappa shape index (κ1) is 15.5. The minimum atomic E-state index is -0.803. The SMILES string of the molecule is NC1CCC(C(=O)Nc2ccc(CCC(=O)O)cc2)CC1. The molecule has 114 valence electrons. The Morgan fingerprint density at radius 3 is 2.33 bits per heavy atom. The molecule has 1 aromatic carbocycles. The van der Waals surface area contributed by atoms with Crippen LogP contribution in [0.25, 0.3) is 0 Å². The number of carbonyl (C=O) groups excluding carboxylic acids is 1. The van der Waals surface area contributed by atoms with E-state index in [4.69, 9.17) is 10.8 Å². The smallest absolute Gasteiger partial charge is 0.303 e. The van der Waals surface area contributed by atoms with Crippen molar-refractivity contribution in [3.8, 4) is 0 Å². The van der Waals surface area contributed by atoms with Gasteiger partial charge in [-0.2, -0.15) is 0 Å². The number of hydrogen-bond donors (Lipinski definition) is 3. The fourth-order valence-electron chi connectivity index (χ4n) is 2.63. The molecular weight excluding hydrogens is 268 g/mol. The van der Waals surface area contributed by atoms with Crippen LogP contribution >= 0.6 is 0 Å². The lowest BCUT2D eigenvalue weighted by molar-refractivity contribution is -0.137. The number of anilines is 1. The molecule has 0 atom stereocenters. The van der Waals surface area contributed by atoms with Crippen LogP contribution in [0.1, 0.15) is 37.7 Å². The number of hydrogen-bond acceptors (Lipinski definition) is 3. The first-order valence-corrected chi connectivity index (χ1v) is 7.42. The third-order valence-electron chi connectivity index (χ3n) is 3.99. The monoisotopic (exact) mass is 290 g/mol. The number of aryl methyl sites for hydroxylation is 1.